The van der Waals surface area contributed by atoms with Crippen LogP contribution in [0.2, 0.25) is 0 Å². The number of rotatable bonds is 2. The van der Waals surface area contributed by atoms with Crippen molar-refractivity contribution in [3.8, 4) is 11.5 Å². The van der Waals surface area contributed by atoms with Gasteiger partial charge in [0.25, 0.3) is 0 Å². The number of hydrogen-bond donors (Lipinski definition) is 1. The number of nitrogens with one attached hydrogen (secondary N) is 1. The molecule has 0 saturated heterocycles. The molecule has 0 saturated carbocycles. The number of nitrogens with zero attached hydrogens (tertiary/aromatic N) is 3. The van der Waals surface area contributed by atoms with E-state index in [2.05, 4.69) is 42.5 Å². The topological polar surface area (TPSA) is 72.9 Å². The van der Waals surface area contributed by atoms with Gasteiger partial charge in [0.05, 0.1) is 5.69 Å². The third kappa shape index (κ3) is 2.27. The van der Waals surface area contributed by atoms with Crippen LogP contribution in [0.5, 0.6) is 11.5 Å². The maximum Gasteiger partial charge on any atom is 0.310 e. The fraction of sp³-hybridized carbons (Fsp3) is 0.214. The minimum Gasteiger partial charge on any atom is -0.454 e. The van der Waals surface area contributed by atoms with Crippen molar-refractivity contribution >= 4 is 33.8 Å². The van der Waals surface area contributed by atoms with E-state index in [1.807, 2.05) is 12.1 Å². The number of hydrogen-bond acceptors (Lipinski definition) is 5. The lowest BCUT2D eigenvalue weighted by atomic mass is 10.1. The normalized spacial score (nSPS) is 13.0. The van der Waals surface area contributed by atoms with Gasteiger partial charge in [0, 0.05) is 9.99 Å². The molecule has 0 unspecified atom stereocenters. The molecule has 1 aromatic carbocycles. The molecular weight excluding hydrogens is 402 g/mol. The standard InChI is InChI=1S/C14H10FIN4O2/c1-6-12-13(20-14(15)17-6)19-11(18-12)3-7-2-9-10(4-8(7)16)22-5-21-9/h2,4H,3,5H2,1H3,(H,17,18,19,20). The summed E-state index contributed by atoms with van der Waals surface area (Å²) >= 11 is 2.25. The van der Waals surface area contributed by atoms with Gasteiger partial charge in [0.1, 0.15) is 11.3 Å². The first-order chi connectivity index (χ1) is 10.6. The fourth-order valence-electron chi connectivity index (χ4n) is 2.41. The van der Waals surface area contributed by atoms with Crippen molar-refractivity contribution in [2.75, 3.05) is 6.79 Å². The second-order valence-corrected chi connectivity index (χ2v) is 6.10. The molecule has 0 aliphatic carbocycles. The summed E-state index contributed by atoms with van der Waals surface area (Å²) in [7, 11) is 0. The molecule has 22 heavy (non-hydrogen) atoms. The highest BCUT2D eigenvalue weighted by Gasteiger charge is 2.18. The molecule has 0 bridgehead atoms. The van der Waals surface area contributed by atoms with Crippen molar-refractivity contribution in [2.45, 2.75) is 13.3 Å². The van der Waals surface area contributed by atoms with Crippen LogP contribution in [0.3, 0.4) is 0 Å². The summed E-state index contributed by atoms with van der Waals surface area (Å²) in [5, 5.41) is 0. The van der Waals surface area contributed by atoms with Gasteiger partial charge < -0.3 is 14.5 Å². The Balaban J connectivity index is 1.73. The number of aryl methyl sites for hydroxylation is 1. The third-order valence-corrected chi connectivity index (χ3v) is 4.46. The van der Waals surface area contributed by atoms with Gasteiger partial charge in [-0.1, -0.05) is 0 Å². The van der Waals surface area contributed by atoms with Crippen molar-refractivity contribution < 1.29 is 13.9 Å². The second-order valence-electron chi connectivity index (χ2n) is 4.93. The monoisotopic (exact) mass is 412 g/mol. The van der Waals surface area contributed by atoms with E-state index in [1.165, 1.54) is 0 Å². The summed E-state index contributed by atoms with van der Waals surface area (Å²) in [6.07, 6.45) is -0.201. The zero-order chi connectivity index (χ0) is 15.3. The first kappa shape index (κ1) is 13.7. The largest absolute Gasteiger partial charge is 0.454 e. The van der Waals surface area contributed by atoms with Crippen molar-refractivity contribution in [1.82, 2.24) is 19.9 Å². The quantitative estimate of drug-likeness (QED) is 0.518. The van der Waals surface area contributed by atoms with Crippen LogP contribution in [0.25, 0.3) is 11.2 Å². The molecule has 0 amide bonds. The number of aromatic nitrogens is 4. The zero-order valence-electron chi connectivity index (χ0n) is 11.5. The first-order valence-corrected chi connectivity index (χ1v) is 7.65. The van der Waals surface area contributed by atoms with E-state index < -0.39 is 6.08 Å². The van der Waals surface area contributed by atoms with E-state index >= 15 is 0 Å². The second kappa shape index (κ2) is 5.04. The molecule has 1 N–H and O–H groups in total. The number of aromatic amines is 1. The molecule has 1 aliphatic heterocycles. The van der Waals surface area contributed by atoms with Gasteiger partial charge in [-0.3, -0.25) is 0 Å². The van der Waals surface area contributed by atoms with Gasteiger partial charge in [-0.05, 0) is 47.2 Å². The van der Waals surface area contributed by atoms with Crippen molar-refractivity contribution in [2.24, 2.45) is 0 Å². The van der Waals surface area contributed by atoms with E-state index in [0.29, 0.717) is 29.1 Å². The van der Waals surface area contributed by atoms with E-state index in [4.69, 9.17) is 9.47 Å². The van der Waals surface area contributed by atoms with Crippen LogP contribution in [0, 0.1) is 16.6 Å². The lowest BCUT2D eigenvalue weighted by Crippen LogP contribution is -1.94. The minimum atomic E-state index is -0.763. The molecule has 1 aliphatic rings. The van der Waals surface area contributed by atoms with Gasteiger partial charge in [0.2, 0.25) is 6.79 Å². The van der Waals surface area contributed by atoms with Gasteiger partial charge in [-0.2, -0.15) is 9.37 Å². The van der Waals surface area contributed by atoms with E-state index in [1.54, 1.807) is 6.92 Å². The number of fused-ring (bicyclic) bond motifs is 2. The van der Waals surface area contributed by atoms with Crippen LogP contribution in [-0.4, -0.2) is 26.7 Å². The Bertz CT molecular complexity index is 896. The third-order valence-electron chi connectivity index (χ3n) is 3.45. The van der Waals surface area contributed by atoms with Crippen molar-refractivity contribution in [3.05, 3.63) is 38.9 Å². The van der Waals surface area contributed by atoms with Gasteiger partial charge in [-0.15, -0.1) is 0 Å². The molecule has 4 rings (SSSR count). The summed E-state index contributed by atoms with van der Waals surface area (Å²) in [5.74, 6) is 2.19. The van der Waals surface area contributed by atoms with Crippen LogP contribution in [-0.2, 0) is 6.42 Å². The molecule has 2 aromatic heterocycles. The highest BCUT2D eigenvalue weighted by atomic mass is 127. The fourth-order valence-corrected chi connectivity index (χ4v) is 3.04. The van der Waals surface area contributed by atoms with Gasteiger partial charge in [0.15, 0.2) is 17.1 Å². The Morgan fingerprint density at radius 3 is 2.82 bits per heavy atom. The Morgan fingerprint density at radius 2 is 2.00 bits per heavy atom. The van der Waals surface area contributed by atoms with Gasteiger partial charge in [-0.25, -0.2) is 9.97 Å². The van der Waals surface area contributed by atoms with Crippen LogP contribution in [0.15, 0.2) is 12.1 Å². The maximum absolute atomic E-state index is 13.2. The summed E-state index contributed by atoms with van der Waals surface area (Å²) < 4.78 is 25.0. The maximum atomic E-state index is 13.2. The lowest BCUT2D eigenvalue weighted by molar-refractivity contribution is 0.174. The Hall–Kier alpha value is -1.97. The molecule has 3 aromatic rings. The van der Waals surface area contributed by atoms with Crippen LogP contribution >= 0.6 is 22.6 Å². The summed E-state index contributed by atoms with van der Waals surface area (Å²) in [5.41, 5.74) is 2.60. The van der Waals surface area contributed by atoms with E-state index in [0.717, 1.165) is 20.6 Å². The summed E-state index contributed by atoms with van der Waals surface area (Å²) in [6, 6.07) is 3.88. The molecule has 0 spiro atoms. The zero-order valence-corrected chi connectivity index (χ0v) is 13.6. The number of H-pyrrole nitrogens is 1. The van der Waals surface area contributed by atoms with Crippen LogP contribution in [0.1, 0.15) is 17.1 Å². The smallest absolute Gasteiger partial charge is 0.310 e. The molecule has 6 nitrogen and oxygen atoms in total. The molecule has 3 heterocycles. The molecule has 8 heteroatoms. The SMILES string of the molecule is Cc1nc(F)nc2nc(Cc3cc4c(cc3I)OCO4)[nH]c12. The van der Waals surface area contributed by atoms with Crippen molar-refractivity contribution in [3.63, 3.8) is 0 Å². The van der Waals surface area contributed by atoms with E-state index in [9.17, 15) is 4.39 Å². The Labute approximate surface area is 138 Å². The average molecular weight is 412 g/mol. The predicted octanol–water partition coefficient (Wildman–Crippen LogP) is 2.72. The highest BCUT2D eigenvalue weighted by Crippen LogP contribution is 2.36. The minimum absolute atomic E-state index is 0.244. The van der Waals surface area contributed by atoms with E-state index in [-0.39, 0.29) is 6.79 Å². The Kier molecular flexibility index (Phi) is 3.13. The number of halogens is 2. The molecule has 0 radical (unpaired) electrons. The number of benzene rings is 1. The van der Waals surface area contributed by atoms with Gasteiger partial charge >= 0.3 is 6.08 Å². The molecule has 112 valence electrons. The Morgan fingerprint density at radius 1 is 1.23 bits per heavy atom. The number of imidazole rings is 1. The first-order valence-electron chi connectivity index (χ1n) is 6.57. The van der Waals surface area contributed by atoms with Crippen LogP contribution < -0.4 is 9.47 Å². The molecule has 0 atom stereocenters. The highest BCUT2D eigenvalue weighted by molar-refractivity contribution is 14.1. The molecular formula is C14H10FIN4O2. The predicted molar refractivity (Wildman–Crippen MR) is 84.5 cm³/mol. The van der Waals surface area contributed by atoms with Crippen molar-refractivity contribution in [1.29, 1.82) is 0 Å². The summed E-state index contributed by atoms with van der Waals surface area (Å²) in [4.78, 5) is 14.9. The average Bonchev–Trinajstić information content (AvgIpc) is 3.05. The summed E-state index contributed by atoms with van der Waals surface area (Å²) in [6.45, 7) is 1.97. The molecule has 0 fully saturated rings. The lowest BCUT2D eigenvalue weighted by Gasteiger charge is -2.04. The number of ether oxygens (including phenoxy) is 2. The van der Waals surface area contributed by atoms with Crippen LogP contribution in [0.4, 0.5) is 4.39 Å².